The van der Waals surface area contributed by atoms with E-state index in [9.17, 15) is 9.90 Å². The van der Waals surface area contributed by atoms with Crippen LogP contribution in [-0.2, 0) is 0 Å². The number of carboxylic acid groups (broad SMARTS) is 1. The van der Waals surface area contributed by atoms with Crippen LogP contribution in [0.4, 0.5) is 0 Å². The average Bonchev–Trinajstić information content (AvgIpc) is 3.37. The quantitative estimate of drug-likeness (QED) is 0.403. The Hall–Kier alpha value is -3.92. The van der Waals surface area contributed by atoms with Gasteiger partial charge in [-0.05, 0) is 48.5 Å². The summed E-state index contributed by atoms with van der Waals surface area (Å²) >= 11 is 3.56. The number of benzene rings is 3. The Morgan fingerprint density at radius 2 is 1.68 bits per heavy atom. The van der Waals surface area contributed by atoms with Crippen molar-refractivity contribution in [2.24, 2.45) is 5.10 Å². The highest BCUT2D eigenvalue weighted by molar-refractivity contribution is 9.10. The maximum atomic E-state index is 12.4. The number of hydrazone groups is 1. The molecule has 0 bridgehead atoms. The van der Waals surface area contributed by atoms with E-state index in [1.807, 2.05) is 41.4 Å². The summed E-state index contributed by atoms with van der Waals surface area (Å²) in [5, 5.41) is 16.9. The predicted molar refractivity (Wildman–Crippen MR) is 139 cm³/mol. The molecule has 0 unspecified atom stereocenters. The molecule has 37 heavy (non-hydrogen) atoms. The Morgan fingerprint density at radius 3 is 2.35 bits per heavy atom. The first kappa shape index (κ1) is 24.8. The zero-order valence-electron chi connectivity index (χ0n) is 20.6. The summed E-state index contributed by atoms with van der Waals surface area (Å²) in [4.78, 5) is 12.4. The van der Waals surface area contributed by atoms with Gasteiger partial charge in [-0.25, -0.2) is 9.80 Å². The minimum absolute atomic E-state index is 0.0408. The molecule has 0 saturated heterocycles. The van der Waals surface area contributed by atoms with Crippen LogP contribution in [0.1, 0.15) is 45.7 Å². The Labute approximate surface area is 222 Å². The van der Waals surface area contributed by atoms with Crippen LogP contribution >= 0.6 is 15.9 Å². The van der Waals surface area contributed by atoms with E-state index in [0.29, 0.717) is 35.0 Å². The first-order valence-corrected chi connectivity index (χ1v) is 12.2. The molecule has 2 aliphatic heterocycles. The van der Waals surface area contributed by atoms with Gasteiger partial charge in [-0.1, -0.05) is 15.9 Å². The van der Waals surface area contributed by atoms with Crippen LogP contribution in [0, 0.1) is 0 Å². The highest BCUT2D eigenvalue weighted by atomic mass is 79.9. The number of rotatable bonds is 7. The van der Waals surface area contributed by atoms with Gasteiger partial charge >= 0.3 is 5.97 Å². The SMILES string of the molecule is COc1ccc(C2=NN3[C@@H](C2)c2cc(Br)ccc2O[C@H]3c2ccc(OC)c(OC)c2C(=O)O)cc1OC. The molecule has 9 nitrogen and oxygen atoms in total. The van der Waals surface area contributed by atoms with Gasteiger partial charge in [0.1, 0.15) is 11.3 Å². The molecule has 3 aromatic carbocycles. The monoisotopic (exact) mass is 568 g/mol. The second-order valence-electron chi connectivity index (χ2n) is 8.44. The molecular formula is C27H25BrN2O7. The standard InChI is InChI=1S/C27H25BrN2O7/c1-33-21-8-5-14(11-23(21)35-3)18-13-19-17-12-15(28)6-9-20(17)37-26(30(19)29-18)16-7-10-22(34-2)25(36-4)24(16)27(31)32/h5-12,19,26H,13H2,1-4H3,(H,31,32)/t19-,26-/m0/s1. The molecule has 2 aliphatic rings. The number of fused-ring (bicyclic) bond motifs is 3. The van der Waals surface area contributed by atoms with Crippen LogP contribution in [0.15, 0.2) is 58.1 Å². The van der Waals surface area contributed by atoms with Crippen molar-refractivity contribution in [2.75, 3.05) is 28.4 Å². The number of carboxylic acids is 1. The fourth-order valence-corrected chi connectivity index (χ4v) is 5.20. The maximum Gasteiger partial charge on any atom is 0.340 e. The Bertz CT molecular complexity index is 1410. The number of aromatic carboxylic acids is 1. The third kappa shape index (κ3) is 4.21. The molecule has 0 aliphatic carbocycles. The normalized spacial score (nSPS) is 17.8. The molecule has 1 N–H and O–H groups in total. The maximum absolute atomic E-state index is 12.4. The number of halogens is 1. The molecule has 192 valence electrons. The van der Waals surface area contributed by atoms with Gasteiger partial charge in [-0.15, -0.1) is 0 Å². The van der Waals surface area contributed by atoms with E-state index in [0.717, 1.165) is 21.3 Å². The summed E-state index contributed by atoms with van der Waals surface area (Å²) in [5.41, 5.74) is 2.99. The highest BCUT2D eigenvalue weighted by Gasteiger charge is 2.43. The van der Waals surface area contributed by atoms with Gasteiger partial charge in [-0.3, -0.25) is 0 Å². The van der Waals surface area contributed by atoms with E-state index >= 15 is 0 Å². The minimum Gasteiger partial charge on any atom is -0.493 e. The molecule has 0 amide bonds. The van der Waals surface area contributed by atoms with Crippen molar-refractivity contribution in [3.63, 3.8) is 0 Å². The van der Waals surface area contributed by atoms with Crippen LogP contribution < -0.4 is 23.7 Å². The first-order chi connectivity index (χ1) is 17.9. The van der Waals surface area contributed by atoms with Crippen molar-refractivity contribution in [1.29, 1.82) is 0 Å². The molecule has 0 saturated carbocycles. The number of nitrogens with zero attached hydrogens (tertiary/aromatic N) is 2. The van der Waals surface area contributed by atoms with Gasteiger partial charge in [0.25, 0.3) is 0 Å². The zero-order valence-corrected chi connectivity index (χ0v) is 22.2. The van der Waals surface area contributed by atoms with Crippen LogP contribution in [0.3, 0.4) is 0 Å². The number of carbonyl (C=O) groups is 1. The number of hydrogen-bond acceptors (Lipinski definition) is 8. The molecule has 0 spiro atoms. The second-order valence-corrected chi connectivity index (χ2v) is 9.35. The summed E-state index contributed by atoms with van der Waals surface area (Å²) in [6.45, 7) is 0. The molecule has 5 rings (SSSR count). The van der Waals surface area contributed by atoms with Crippen LogP contribution in [0.5, 0.6) is 28.7 Å². The molecular weight excluding hydrogens is 544 g/mol. The molecule has 0 aromatic heterocycles. The van der Waals surface area contributed by atoms with Crippen molar-refractivity contribution >= 4 is 27.6 Å². The smallest absolute Gasteiger partial charge is 0.340 e. The zero-order chi connectivity index (χ0) is 26.3. The van der Waals surface area contributed by atoms with Gasteiger partial charge in [0.2, 0.25) is 6.23 Å². The van der Waals surface area contributed by atoms with Crippen molar-refractivity contribution in [1.82, 2.24) is 5.01 Å². The molecule has 3 aromatic rings. The summed E-state index contributed by atoms with van der Waals surface area (Å²) in [6.07, 6.45) is -0.240. The summed E-state index contributed by atoms with van der Waals surface area (Å²) < 4.78 is 29.0. The lowest BCUT2D eigenvalue weighted by molar-refractivity contribution is -0.0199. The minimum atomic E-state index is -1.16. The first-order valence-electron chi connectivity index (χ1n) is 11.4. The summed E-state index contributed by atoms with van der Waals surface area (Å²) in [5.74, 6) is 1.15. The van der Waals surface area contributed by atoms with Crippen molar-refractivity contribution in [3.05, 3.63) is 75.3 Å². The molecule has 2 atom stereocenters. The highest BCUT2D eigenvalue weighted by Crippen LogP contribution is 2.50. The van der Waals surface area contributed by atoms with Crippen LogP contribution in [0.2, 0.25) is 0 Å². The van der Waals surface area contributed by atoms with Crippen LogP contribution in [0.25, 0.3) is 0 Å². The third-order valence-electron chi connectivity index (χ3n) is 6.53. The van der Waals surface area contributed by atoms with Gasteiger partial charge in [0, 0.05) is 27.6 Å². The van der Waals surface area contributed by atoms with E-state index in [1.165, 1.54) is 14.2 Å². The van der Waals surface area contributed by atoms with Gasteiger partial charge < -0.3 is 28.8 Å². The molecule has 10 heteroatoms. The van der Waals surface area contributed by atoms with E-state index in [1.54, 1.807) is 26.4 Å². The van der Waals surface area contributed by atoms with Crippen LogP contribution in [-0.4, -0.2) is 50.2 Å². The lowest BCUT2D eigenvalue weighted by Gasteiger charge is -2.38. The number of methoxy groups -OCH3 is 4. The van der Waals surface area contributed by atoms with Gasteiger partial charge in [0.05, 0.1) is 40.2 Å². The topological polar surface area (TPSA) is 99.1 Å². The molecule has 2 heterocycles. The molecule has 0 radical (unpaired) electrons. The lowest BCUT2D eigenvalue weighted by Crippen LogP contribution is -2.34. The third-order valence-corrected chi connectivity index (χ3v) is 7.02. The largest absolute Gasteiger partial charge is 0.493 e. The Morgan fingerprint density at radius 1 is 0.946 bits per heavy atom. The lowest BCUT2D eigenvalue weighted by atomic mass is 9.95. The van der Waals surface area contributed by atoms with Gasteiger partial charge in [-0.2, -0.15) is 5.10 Å². The fourth-order valence-electron chi connectivity index (χ4n) is 4.82. The Kier molecular flexibility index (Phi) is 6.59. The van der Waals surface area contributed by atoms with Crippen molar-refractivity contribution < 1.29 is 33.6 Å². The average molecular weight is 569 g/mol. The summed E-state index contributed by atoms with van der Waals surface area (Å²) in [6, 6.07) is 14.6. The second kappa shape index (κ2) is 9.85. The fraction of sp³-hybridized carbons (Fsp3) is 0.259. The van der Waals surface area contributed by atoms with Gasteiger partial charge in [0.15, 0.2) is 23.0 Å². The summed E-state index contributed by atoms with van der Waals surface area (Å²) in [7, 11) is 6.05. The number of ether oxygens (including phenoxy) is 5. The van der Waals surface area contributed by atoms with E-state index in [4.69, 9.17) is 28.8 Å². The van der Waals surface area contributed by atoms with Crippen molar-refractivity contribution in [3.8, 4) is 28.7 Å². The van der Waals surface area contributed by atoms with E-state index in [2.05, 4.69) is 15.9 Å². The van der Waals surface area contributed by atoms with Crippen molar-refractivity contribution in [2.45, 2.75) is 18.7 Å². The van der Waals surface area contributed by atoms with E-state index in [-0.39, 0.29) is 17.4 Å². The predicted octanol–water partition coefficient (Wildman–Crippen LogP) is 5.42. The van der Waals surface area contributed by atoms with E-state index < -0.39 is 12.2 Å². The molecule has 0 fully saturated rings. The number of hydrogen-bond donors (Lipinski definition) is 1. The Balaban J connectivity index is 1.66.